The molecule has 0 bridgehead atoms. The van der Waals surface area contributed by atoms with E-state index in [2.05, 4.69) is 305 Å². The Balaban J connectivity index is 0.000000147. The first kappa shape index (κ1) is 59.4. The zero-order valence-electron chi connectivity index (χ0n) is 54.9. The van der Waals surface area contributed by atoms with E-state index < -0.39 is 0 Å². The van der Waals surface area contributed by atoms with Crippen LogP contribution in [0.1, 0.15) is 49.9 Å². The zero-order chi connectivity index (χ0) is 65.9. The van der Waals surface area contributed by atoms with Crippen LogP contribution in [-0.2, 0) is 10.8 Å². The van der Waals surface area contributed by atoms with Gasteiger partial charge in [0.25, 0.3) is 0 Å². The van der Waals surface area contributed by atoms with Gasteiger partial charge in [0.15, 0.2) is 11.6 Å². The maximum Gasteiger partial charge on any atom is 0.160 e. The first-order chi connectivity index (χ1) is 48.1. The number of nitrogens with zero attached hydrogens (tertiary/aromatic N) is 6. The number of aromatic nitrogens is 6. The standard InChI is InChI=1S/2C46H33N3/c1-46(2)41-27-36(23-24-39(41)40-25-22-33-11-6-7-13-38(33)44(40)46)32-14-18-34(19-15-32)42-28-43(37-12-8-26-47-29-37)49-45(48-42)35-20-16-31(17-21-35)30-9-4-3-5-10-30;1-46(2)40-23-21-33-10-6-7-11-38(33)44(40)39-22-20-37(28-41(39)46)32-12-16-34(17-13-32)42-29-43(35-24-26-47-27-25-35)49-45(48-42)36-18-14-31(15-19-36)30-8-4-3-5-9-30/h2*3-29H,1-2H3. The van der Waals surface area contributed by atoms with E-state index in [0.29, 0.717) is 11.6 Å². The summed E-state index contributed by atoms with van der Waals surface area (Å²) in [6.07, 6.45) is 7.25. The van der Waals surface area contributed by atoms with Gasteiger partial charge in [-0.3, -0.25) is 9.97 Å². The van der Waals surface area contributed by atoms with Gasteiger partial charge in [-0.15, -0.1) is 0 Å². The van der Waals surface area contributed by atoms with E-state index in [-0.39, 0.29) is 10.8 Å². The molecule has 6 nitrogen and oxygen atoms in total. The maximum absolute atomic E-state index is 5.09. The molecule has 0 atom stereocenters. The maximum atomic E-state index is 5.09. The van der Waals surface area contributed by atoms with Crippen molar-refractivity contribution in [2.24, 2.45) is 0 Å². The van der Waals surface area contributed by atoms with Gasteiger partial charge in [0.2, 0.25) is 0 Å². The van der Waals surface area contributed by atoms with Crippen LogP contribution in [0.3, 0.4) is 0 Å². The molecule has 0 unspecified atom stereocenters. The van der Waals surface area contributed by atoms with Gasteiger partial charge < -0.3 is 0 Å². The van der Waals surface area contributed by atoms with Gasteiger partial charge >= 0.3 is 0 Å². The Hall–Kier alpha value is -12.4. The highest BCUT2D eigenvalue weighted by atomic mass is 14.9. The molecular formula is C92H66N6. The van der Waals surface area contributed by atoms with Crippen LogP contribution >= 0.6 is 0 Å². The second-order valence-electron chi connectivity index (χ2n) is 26.6. The Kier molecular flexibility index (Phi) is 14.8. The van der Waals surface area contributed by atoms with Crippen molar-refractivity contribution in [3.05, 3.63) is 350 Å². The van der Waals surface area contributed by atoms with Crippen molar-refractivity contribution in [1.82, 2.24) is 29.9 Å². The summed E-state index contributed by atoms with van der Waals surface area (Å²) in [4.78, 5) is 28.8. The number of fused-ring (bicyclic) bond motifs is 10. The quantitative estimate of drug-likeness (QED) is 0.136. The predicted octanol–water partition coefficient (Wildman–Crippen LogP) is 23.3. The van der Waals surface area contributed by atoms with Crippen molar-refractivity contribution in [1.29, 1.82) is 0 Å². The Morgan fingerprint density at radius 1 is 0.235 bits per heavy atom. The summed E-state index contributed by atoms with van der Waals surface area (Å²) in [7, 11) is 0. The second-order valence-corrected chi connectivity index (χ2v) is 26.6. The SMILES string of the molecule is CC1(C)c2cc(-c3ccc(-c4cc(-c5cccnc5)nc(-c5ccc(-c6ccccc6)cc5)n4)cc3)ccc2-c2ccc3ccccc3c21.CC1(C)c2cc(-c3ccc(-c4cc(-c5ccncc5)nc(-c5ccc(-c6ccccc6)cc5)n4)cc3)ccc2-c2c1ccc1ccccc21. The molecule has 0 amide bonds. The number of hydrogen-bond acceptors (Lipinski definition) is 6. The van der Waals surface area contributed by atoms with Crippen molar-refractivity contribution in [3.63, 3.8) is 0 Å². The van der Waals surface area contributed by atoms with Gasteiger partial charge in [0.05, 0.1) is 22.8 Å². The lowest BCUT2D eigenvalue weighted by molar-refractivity contribution is 0.661. The summed E-state index contributed by atoms with van der Waals surface area (Å²) >= 11 is 0. The molecule has 0 spiro atoms. The van der Waals surface area contributed by atoms with Crippen LogP contribution in [-0.4, -0.2) is 29.9 Å². The highest BCUT2D eigenvalue weighted by molar-refractivity contribution is 6.03. The highest BCUT2D eigenvalue weighted by Crippen LogP contribution is 2.54. The lowest BCUT2D eigenvalue weighted by Crippen LogP contribution is -2.15. The van der Waals surface area contributed by atoms with Gasteiger partial charge in [-0.25, -0.2) is 19.9 Å². The van der Waals surface area contributed by atoms with Crippen LogP contribution < -0.4 is 0 Å². The number of rotatable bonds is 10. The fourth-order valence-electron chi connectivity index (χ4n) is 14.8. The molecule has 4 aromatic heterocycles. The van der Waals surface area contributed by atoms with E-state index in [0.717, 1.165) is 67.3 Å². The van der Waals surface area contributed by atoms with Gasteiger partial charge in [-0.1, -0.05) is 282 Å². The predicted molar refractivity (Wildman–Crippen MR) is 404 cm³/mol. The van der Waals surface area contributed by atoms with E-state index in [1.54, 1.807) is 18.6 Å². The zero-order valence-corrected chi connectivity index (χ0v) is 54.9. The lowest BCUT2D eigenvalue weighted by Gasteiger charge is -2.23. The average Bonchev–Trinajstić information content (AvgIpc) is 1.57. The molecule has 464 valence electrons. The van der Waals surface area contributed by atoms with Crippen LogP contribution in [0.4, 0.5) is 0 Å². The summed E-state index contributed by atoms with van der Waals surface area (Å²) in [6, 6.07) is 108. The molecule has 2 aliphatic rings. The van der Waals surface area contributed by atoms with Crippen molar-refractivity contribution in [2.45, 2.75) is 38.5 Å². The molecule has 0 aliphatic heterocycles. The molecule has 98 heavy (non-hydrogen) atoms. The van der Waals surface area contributed by atoms with E-state index in [9.17, 15) is 0 Å². The highest BCUT2D eigenvalue weighted by Gasteiger charge is 2.38. The smallest absolute Gasteiger partial charge is 0.160 e. The minimum absolute atomic E-state index is 0.0787. The van der Waals surface area contributed by atoms with Crippen LogP contribution in [0, 0.1) is 0 Å². The van der Waals surface area contributed by atoms with E-state index in [1.165, 1.54) is 99.4 Å². The molecule has 12 aromatic carbocycles. The third-order valence-corrected chi connectivity index (χ3v) is 20.0. The normalized spacial score (nSPS) is 12.9. The lowest BCUT2D eigenvalue weighted by atomic mass is 9.79. The molecule has 6 heteroatoms. The van der Waals surface area contributed by atoms with Gasteiger partial charge in [0, 0.05) is 69.0 Å². The third kappa shape index (κ3) is 10.8. The third-order valence-electron chi connectivity index (χ3n) is 20.0. The molecule has 0 fully saturated rings. The summed E-state index contributed by atoms with van der Waals surface area (Å²) in [5.41, 5.74) is 29.8. The molecule has 0 N–H and O–H groups in total. The summed E-state index contributed by atoms with van der Waals surface area (Å²) in [6.45, 7) is 9.42. The van der Waals surface area contributed by atoms with Gasteiger partial charge in [-0.2, -0.15) is 0 Å². The first-order valence-electron chi connectivity index (χ1n) is 33.5. The van der Waals surface area contributed by atoms with Crippen molar-refractivity contribution in [3.8, 4) is 135 Å². The Labute approximate surface area is 571 Å². The first-order valence-corrected chi connectivity index (χ1v) is 33.5. The van der Waals surface area contributed by atoms with Crippen molar-refractivity contribution in [2.75, 3.05) is 0 Å². The molecule has 0 saturated carbocycles. The monoisotopic (exact) mass is 1250 g/mol. The fraction of sp³-hybridized carbons (Fsp3) is 0.0652. The molecule has 16 aromatic rings. The molecule has 2 aliphatic carbocycles. The number of pyridine rings is 2. The Morgan fingerprint density at radius 2 is 0.622 bits per heavy atom. The van der Waals surface area contributed by atoms with Crippen LogP contribution in [0.15, 0.2) is 328 Å². The molecule has 18 rings (SSSR count). The average molecular weight is 1260 g/mol. The summed E-state index contributed by atoms with van der Waals surface area (Å²) in [5, 5.41) is 5.25. The fourth-order valence-corrected chi connectivity index (χ4v) is 14.8. The molecular weight excluding hydrogens is 1190 g/mol. The van der Waals surface area contributed by atoms with Crippen molar-refractivity contribution >= 4 is 21.5 Å². The molecule has 4 heterocycles. The Bertz CT molecular complexity index is 5680. The van der Waals surface area contributed by atoms with E-state index >= 15 is 0 Å². The summed E-state index contributed by atoms with van der Waals surface area (Å²) < 4.78 is 0. The minimum atomic E-state index is -0.0964. The second kappa shape index (κ2) is 24.4. The van der Waals surface area contributed by atoms with Crippen molar-refractivity contribution < 1.29 is 0 Å². The number of benzene rings is 12. The van der Waals surface area contributed by atoms with Gasteiger partial charge in [0.1, 0.15) is 0 Å². The molecule has 0 radical (unpaired) electrons. The Morgan fingerprint density at radius 3 is 1.15 bits per heavy atom. The largest absolute Gasteiger partial charge is 0.265 e. The van der Waals surface area contributed by atoms with E-state index in [4.69, 9.17) is 19.9 Å². The van der Waals surface area contributed by atoms with E-state index in [1.807, 2.05) is 42.6 Å². The van der Waals surface area contributed by atoms with Crippen LogP contribution in [0.25, 0.3) is 156 Å². The minimum Gasteiger partial charge on any atom is -0.265 e. The van der Waals surface area contributed by atoms with Gasteiger partial charge in [-0.05, 0) is 159 Å². The number of hydrogen-bond donors (Lipinski definition) is 0. The molecule has 0 saturated heterocycles. The summed E-state index contributed by atoms with van der Waals surface area (Å²) in [5.74, 6) is 1.38. The topological polar surface area (TPSA) is 77.3 Å². The van der Waals surface area contributed by atoms with Crippen LogP contribution in [0.5, 0.6) is 0 Å². The van der Waals surface area contributed by atoms with Crippen LogP contribution in [0.2, 0.25) is 0 Å².